The molecular weight excluding hydrogens is 403 g/mol. The Labute approximate surface area is 181 Å². The average Bonchev–Trinajstić information content (AvgIpc) is 3.28. The Kier molecular flexibility index (Phi) is 6.23. The lowest BCUT2D eigenvalue weighted by atomic mass is 9.96. The van der Waals surface area contributed by atoms with Crippen LogP contribution in [0.5, 0.6) is 0 Å². The Morgan fingerprint density at radius 1 is 1.06 bits per heavy atom. The molecule has 1 atom stereocenters. The summed E-state index contributed by atoms with van der Waals surface area (Å²) in [5.74, 6) is -0.479. The molecule has 7 heteroatoms. The summed E-state index contributed by atoms with van der Waals surface area (Å²) in [6.07, 6.45) is -0.0768. The van der Waals surface area contributed by atoms with Crippen LogP contribution in [-0.4, -0.2) is 44.0 Å². The first-order chi connectivity index (χ1) is 14.8. The second-order valence-electron chi connectivity index (χ2n) is 8.46. The lowest BCUT2D eigenvalue weighted by Crippen LogP contribution is -2.37. The molecule has 1 N–H and O–H groups in total. The highest BCUT2D eigenvalue weighted by atomic mass is 19.4. The number of hydrogen-bond acceptors (Lipinski definition) is 3. The molecule has 1 fully saturated rings. The number of alkyl halides is 3. The van der Waals surface area contributed by atoms with Crippen LogP contribution < -0.4 is 10.2 Å². The van der Waals surface area contributed by atoms with Gasteiger partial charge in [-0.2, -0.15) is 13.2 Å². The fraction of sp³-hybridized carbons (Fsp3) is 0.458. The van der Waals surface area contributed by atoms with Gasteiger partial charge in [-0.25, -0.2) is 0 Å². The molecule has 4 nitrogen and oxygen atoms in total. The second kappa shape index (κ2) is 8.91. The molecule has 0 saturated carbocycles. The summed E-state index contributed by atoms with van der Waals surface area (Å²) in [6.45, 7) is 3.33. The van der Waals surface area contributed by atoms with Gasteiger partial charge in [0.05, 0.1) is 11.6 Å². The molecule has 1 amide bonds. The lowest BCUT2D eigenvalue weighted by Gasteiger charge is -2.32. The summed E-state index contributed by atoms with van der Waals surface area (Å²) in [4.78, 5) is 17.3. The van der Waals surface area contributed by atoms with E-state index in [0.29, 0.717) is 6.54 Å². The third-order valence-electron chi connectivity index (χ3n) is 6.33. The molecule has 0 radical (unpaired) electrons. The quantitative estimate of drug-likeness (QED) is 0.748. The molecule has 0 spiro atoms. The molecular formula is C24H28F3N3O. The number of aryl methyl sites for hydroxylation is 1. The predicted molar refractivity (Wildman–Crippen MR) is 115 cm³/mol. The molecule has 2 aliphatic rings. The van der Waals surface area contributed by atoms with Gasteiger partial charge in [-0.05, 0) is 74.2 Å². The van der Waals surface area contributed by atoms with Crippen LogP contribution in [0.3, 0.4) is 0 Å². The number of hydrogen-bond donors (Lipinski definition) is 1. The first-order valence-corrected chi connectivity index (χ1v) is 10.9. The van der Waals surface area contributed by atoms with Crippen molar-refractivity contribution < 1.29 is 18.0 Å². The smallest absolute Gasteiger partial charge is 0.374 e. The Bertz CT molecular complexity index is 938. The molecule has 2 aromatic rings. The first-order valence-electron chi connectivity index (χ1n) is 10.9. The number of likely N-dealkylation sites (tertiary alicyclic amines) is 1. The molecule has 2 aromatic carbocycles. The zero-order valence-electron chi connectivity index (χ0n) is 17.7. The third kappa shape index (κ3) is 4.87. The number of nitrogens with zero attached hydrogens (tertiary/aromatic N) is 2. The molecule has 166 valence electrons. The molecule has 2 heterocycles. The van der Waals surface area contributed by atoms with Gasteiger partial charge in [0.15, 0.2) is 0 Å². The first kappa shape index (κ1) is 21.7. The predicted octanol–water partition coefficient (Wildman–Crippen LogP) is 4.65. The highest BCUT2D eigenvalue weighted by Crippen LogP contribution is 2.32. The summed E-state index contributed by atoms with van der Waals surface area (Å²) in [6, 6.07) is 11.1. The van der Waals surface area contributed by atoms with Gasteiger partial charge in [0.25, 0.3) is 5.91 Å². The molecule has 1 saturated heterocycles. The number of halogens is 3. The number of fused-ring (bicyclic) bond motifs is 1. The van der Waals surface area contributed by atoms with Crippen molar-refractivity contribution in [1.29, 1.82) is 0 Å². The Balaban J connectivity index is 1.53. The normalized spacial score (nSPS) is 18.0. The fourth-order valence-electron chi connectivity index (χ4n) is 4.65. The van der Waals surface area contributed by atoms with Crippen LogP contribution in [0, 0.1) is 0 Å². The maximum absolute atomic E-state index is 13.0. The van der Waals surface area contributed by atoms with Gasteiger partial charge < -0.3 is 10.2 Å². The van der Waals surface area contributed by atoms with Crippen LogP contribution in [0.2, 0.25) is 0 Å². The van der Waals surface area contributed by atoms with E-state index in [1.165, 1.54) is 23.4 Å². The zero-order chi connectivity index (χ0) is 22.0. The number of anilines is 1. The van der Waals surface area contributed by atoms with Crippen LogP contribution in [0.4, 0.5) is 18.9 Å². The monoisotopic (exact) mass is 431 g/mol. The van der Waals surface area contributed by atoms with E-state index >= 15 is 0 Å². The summed E-state index contributed by atoms with van der Waals surface area (Å²) in [5.41, 5.74) is 2.94. The Morgan fingerprint density at radius 2 is 1.84 bits per heavy atom. The van der Waals surface area contributed by atoms with Crippen molar-refractivity contribution in [2.45, 2.75) is 37.9 Å². The van der Waals surface area contributed by atoms with E-state index in [1.807, 2.05) is 0 Å². The Hall–Kier alpha value is -2.54. The largest absolute Gasteiger partial charge is 0.416 e. The highest BCUT2D eigenvalue weighted by Gasteiger charge is 2.31. The van der Waals surface area contributed by atoms with Crippen molar-refractivity contribution >= 4 is 11.6 Å². The van der Waals surface area contributed by atoms with Gasteiger partial charge in [-0.15, -0.1) is 0 Å². The van der Waals surface area contributed by atoms with Crippen molar-refractivity contribution in [1.82, 2.24) is 10.2 Å². The minimum absolute atomic E-state index is 0.00906. The minimum atomic E-state index is -4.47. The van der Waals surface area contributed by atoms with Crippen molar-refractivity contribution in [3.05, 3.63) is 64.7 Å². The van der Waals surface area contributed by atoms with E-state index in [-0.39, 0.29) is 11.6 Å². The van der Waals surface area contributed by atoms with Crippen LogP contribution in [0.25, 0.3) is 0 Å². The van der Waals surface area contributed by atoms with E-state index in [1.54, 1.807) is 0 Å². The van der Waals surface area contributed by atoms with Crippen molar-refractivity contribution in [3.63, 3.8) is 0 Å². The number of nitrogens with one attached hydrogen (secondary N) is 1. The van der Waals surface area contributed by atoms with Gasteiger partial charge >= 0.3 is 6.18 Å². The standard InChI is InChI=1S/C24H28F3N3O/c1-29-11-5-7-17-14-18(9-10-21(17)29)22(30-12-2-3-13-30)16-28-23(31)19-6-4-8-20(15-19)24(25,26)27/h4,6,8-10,14-15,22H,2-3,5,7,11-13,16H2,1H3,(H,28,31)/t22-/m0/s1. The number of carbonyl (C=O) groups is 1. The van der Waals surface area contributed by atoms with E-state index in [0.717, 1.165) is 63.0 Å². The van der Waals surface area contributed by atoms with E-state index < -0.39 is 17.6 Å². The molecule has 4 rings (SSSR count). The number of benzene rings is 2. The van der Waals surface area contributed by atoms with Crippen molar-refractivity contribution in [2.24, 2.45) is 0 Å². The van der Waals surface area contributed by atoms with Crippen LogP contribution in [0.1, 0.15) is 52.4 Å². The SMILES string of the molecule is CN1CCCc2cc([C@H](CNC(=O)c3cccc(C(F)(F)F)c3)N3CCCC3)ccc21. The minimum Gasteiger partial charge on any atom is -0.374 e. The molecule has 0 aliphatic carbocycles. The van der Waals surface area contributed by atoms with Crippen LogP contribution in [0.15, 0.2) is 42.5 Å². The van der Waals surface area contributed by atoms with Crippen molar-refractivity contribution in [2.75, 3.05) is 38.1 Å². The molecule has 0 aromatic heterocycles. The van der Waals surface area contributed by atoms with Crippen LogP contribution in [-0.2, 0) is 12.6 Å². The number of amides is 1. The van der Waals surface area contributed by atoms with Gasteiger partial charge in [0, 0.05) is 31.4 Å². The molecule has 31 heavy (non-hydrogen) atoms. The third-order valence-corrected chi connectivity index (χ3v) is 6.33. The average molecular weight is 432 g/mol. The number of carbonyl (C=O) groups excluding carboxylic acids is 1. The molecule has 0 unspecified atom stereocenters. The van der Waals surface area contributed by atoms with Crippen molar-refractivity contribution in [3.8, 4) is 0 Å². The summed E-state index contributed by atoms with van der Waals surface area (Å²) in [5, 5.41) is 2.88. The zero-order valence-corrected chi connectivity index (χ0v) is 17.7. The second-order valence-corrected chi connectivity index (χ2v) is 8.46. The molecule has 0 bridgehead atoms. The molecule has 2 aliphatic heterocycles. The van der Waals surface area contributed by atoms with Gasteiger partial charge in [-0.1, -0.05) is 18.2 Å². The van der Waals surface area contributed by atoms with E-state index in [4.69, 9.17) is 0 Å². The van der Waals surface area contributed by atoms with Gasteiger partial charge in [0.2, 0.25) is 0 Å². The van der Waals surface area contributed by atoms with Gasteiger partial charge in [-0.3, -0.25) is 9.69 Å². The fourth-order valence-corrected chi connectivity index (χ4v) is 4.65. The lowest BCUT2D eigenvalue weighted by molar-refractivity contribution is -0.137. The summed E-state index contributed by atoms with van der Waals surface area (Å²) >= 11 is 0. The number of rotatable bonds is 5. The maximum atomic E-state index is 13.0. The summed E-state index contributed by atoms with van der Waals surface area (Å²) < 4.78 is 39.0. The maximum Gasteiger partial charge on any atom is 0.416 e. The topological polar surface area (TPSA) is 35.6 Å². The van der Waals surface area contributed by atoms with E-state index in [2.05, 4.69) is 40.4 Å². The van der Waals surface area contributed by atoms with E-state index in [9.17, 15) is 18.0 Å². The van der Waals surface area contributed by atoms with Gasteiger partial charge in [0.1, 0.15) is 0 Å². The Morgan fingerprint density at radius 3 is 2.58 bits per heavy atom. The summed E-state index contributed by atoms with van der Waals surface area (Å²) in [7, 11) is 2.10. The highest BCUT2D eigenvalue weighted by molar-refractivity contribution is 5.94. The van der Waals surface area contributed by atoms with Crippen LogP contribution >= 0.6 is 0 Å².